The van der Waals surface area contributed by atoms with E-state index >= 15 is 0 Å². The second-order valence-corrected chi connectivity index (χ2v) is 5.58. The molecule has 0 aliphatic rings. The average molecular weight is 365 g/mol. The van der Waals surface area contributed by atoms with E-state index < -0.39 is 5.82 Å². The maximum atomic E-state index is 13.0. The van der Waals surface area contributed by atoms with Crippen LogP contribution in [0.15, 0.2) is 30.6 Å². The minimum Gasteiger partial charge on any atom is -0.436 e. The van der Waals surface area contributed by atoms with Gasteiger partial charge in [-0.1, -0.05) is 15.9 Å². The molecule has 0 spiro atoms. The Labute approximate surface area is 134 Å². The minimum atomic E-state index is -0.621. The molecule has 2 heterocycles. The van der Waals surface area contributed by atoms with Gasteiger partial charge in [-0.15, -0.1) is 0 Å². The summed E-state index contributed by atoms with van der Waals surface area (Å²) in [7, 11) is 0. The molecule has 0 saturated carbocycles. The molecule has 6 nitrogen and oxygen atoms in total. The van der Waals surface area contributed by atoms with Gasteiger partial charge in [0.25, 0.3) is 0 Å². The first-order valence-corrected chi connectivity index (χ1v) is 7.05. The average Bonchev–Trinajstić information content (AvgIpc) is 2.50. The number of carbonyl (C=O) groups is 1. The molecule has 0 fully saturated rings. The van der Waals surface area contributed by atoms with Crippen LogP contribution in [-0.2, 0) is 4.79 Å². The van der Waals surface area contributed by atoms with Crippen molar-refractivity contribution in [3.05, 3.63) is 42.0 Å². The van der Waals surface area contributed by atoms with Crippen LogP contribution in [0.25, 0.3) is 0 Å². The highest BCUT2D eigenvalue weighted by Crippen LogP contribution is 2.23. The van der Waals surface area contributed by atoms with Gasteiger partial charge in [-0.2, -0.15) is 5.26 Å². The second-order valence-electron chi connectivity index (χ2n) is 4.20. The van der Waals surface area contributed by atoms with Crippen molar-refractivity contribution in [2.75, 3.05) is 5.32 Å². The van der Waals surface area contributed by atoms with Crippen LogP contribution >= 0.6 is 15.9 Å². The van der Waals surface area contributed by atoms with Crippen LogP contribution in [0, 0.1) is 17.1 Å². The molecule has 2 aromatic rings. The Kier molecular flexibility index (Phi) is 5.01. The van der Waals surface area contributed by atoms with E-state index in [4.69, 9.17) is 10.00 Å². The van der Waals surface area contributed by atoms with Crippen molar-refractivity contribution >= 4 is 27.7 Å². The van der Waals surface area contributed by atoms with Crippen LogP contribution in [0.5, 0.6) is 11.6 Å². The number of halogens is 2. The fourth-order valence-corrected chi connectivity index (χ4v) is 1.55. The number of nitriles is 1. The summed E-state index contributed by atoms with van der Waals surface area (Å²) in [5, 5.41) is 11.5. The molecular weight excluding hydrogens is 355 g/mol. The molecular formula is C14H10BrFN4O2. The predicted octanol–water partition coefficient (Wildman–Crippen LogP) is 3.00. The topological polar surface area (TPSA) is 87.9 Å². The fourth-order valence-electron chi connectivity index (χ4n) is 1.44. The van der Waals surface area contributed by atoms with E-state index in [1.165, 1.54) is 12.3 Å². The van der Waals surface area contributed by atoms with Crippen LogP contribution in [-0.4, -0.2) is 20.7 Å². The van der Waals surface area contributed by atoms with Gasteiger partial charge in [0.1, 0.15) is 29.0 Å². The molecule has 112 valence electrons. The summed E-state index contributed by atoms with van der Waals surface area (Å²) in [6, 6.07) is 5.92. The molecule has 22 heavy (non-hydrogen) atoms. The van der Waals surface area contributed by atoms with Crippen LogP contribution in [0.2, 0.25) is 0 Å². The van der Waals surface area contributed by atoms with Crippen molar-refractivity contribution in [1.29, 1.82) is 5.26 Å². The fraction of sp³-hybridized carbons (Fsp3) is 0.143. The highest BCUT2D eigenvalue weighted by molar-refractivity contribution is 9.10. The number of hydrogen-bond donors (Lipinski definition) is 1. The van der Waals surface area contributed by atoms with E-state index in [1.807, 2.05) is 0 Å². The number of rotatable bonds is 4. The maximum absolute atomic E-state index is 13.0. The number of hydrogen-bond acceptors (Lipinski definition) is 5. The zero-order valence-electron chi connectivity index (χ0n) is 11.4. The van der Waals surface area contributed by atoms with Gasteiger partial charge in [0.05, 0.1) is 17.2 Å². The van der Waals surface area contributed by atoms with Gasteiger partial charge >= 0.3 is 0 Å². The van der Waals surface area contributed by atoms with E-state index in [-0.39, 0.29) is 22.2 Å². The minimum absolute atomic E-state index is 0.0171. The summed E-state index contributed by atoms with van der Waals surface area (Å²) >= 11 is 3.14. The Morgan fingerprint density at radius 1 is 1.45 bits per heavy atom. The van der Waals surface area contributed by atoms with Crippen molar-refractivity contribution in [2.45, 2.75) is 11.8 Å². The van der Waals surface area contributed by atoms with Gasteiger partial charge in [-0.3, -0.25) is 4.79 Å². The van der Waals surface area contributed by atoms with Gasteiger partial charge < -0.3 is 10.1 Å². The number of alkyl halides is 1. The molecule has 0 aliphatic carbocycles. The normalized spacial score (nSPS) is 11.4. The first kappa shape index (κ1) is 15.9. The molecule has 1 unspecified atom stereocenters. The van der Waals surface area contributed by atoms with Gasteiger partial charge in [0, 0.05) is 0 Å². The van der Waals surface area contributed by atoms with Crippen molar-refractivity contribution in [1.82, 2.24) is 9.97 Å². The Hall–Kier alpha value is -2.53. The molecule has 1 N–H and O–H groups in total. The third kappa shape index (κ3) is 3.99. The monoisotopic (exact) mass is 364 g/mol. The first-order chi connectivity index (χ1) is 10.5. The molecule has 0 aliphatic heterocycles. The number of ether oxygens (including phenoxy) is 1. The molecule has 2 rings (SSSR count). The summed E-state index contributed by atoms with van der Waals surface area (Å²) in [5.74, 6) is -0.203. The predicted molar refractivity (Wildman–Crippen MR) is 80.2 cm³/mol. The van der Waals surface area contributed by atoms with E-state index in [0.29, 0.717) is 11.6 Å². The highest BCUT2D eigenvalue weighted by atomic mass is 79.9. The van der Waals surface area contributed by atoms with Crippen LogP contribution in [0.1, 0.15) is 12.5 Å². The number of nitrogens with one attached hydrogen (secondary N) is 1. The zero-order valence-corrected chi connectivity index (χ0v) is 13.0. The molecule has 0 saturated heterocycles. The van der Waals surface area contributed by atoms with Crippen LogP contribution in [0.3, 0.4) is 0 Å². The number of nitrogens with zero attached hydrogens (tertiary/aromatic N) is 3. The Balaban J connectivity index is 2.12. The lowest BCUT2D eigenvalue weighted by Crippen LogP contribution is -2.20. The van der Waals surface area contributed by atoms with Crippen LogP contribution in [0.4, 0.5) is 10.2 Å². The van der Waals surface area contributed by atoms with E-state index in [2.05, 4.69) is 31.2 Å². The number of aromatic nitrogens is 2. The molecule has 8 heteroatoms. The summed E-state index contributed by atoms with van der Waals surface area (Å²) in [6.45, 7) is 1.69. The molecule has 0 aromatic carbocycles. The Morgan fingerprint density at radius 3 is 2.82 bits per heavy atom. The standard InChI is InChI=1S/C14H10BrFN4O2/c1-8(15)13(21)20-12-3-2-11(7-18-12)22-14-9(5-17)4-10(16)6-19-14/h2-4,6-8H,1H3,(H,18,20,21). The van der Waals surface area contributed by atoms with E-state index in [1.54, 1.807) is 19.1 Å². The lowest BCUT2D eigenvalue weighted by molar-refractivity contribution is -0.115. The second kappa shape index (κ2) is 6.95. The molecule has 1 amide bonds. The molecule has 1 atom stereocenters. The SMILES string of the molecule is CC(Br)C(=O)Nc1ccc(Oc2ncc(F)cc2C#N)cn1. The molecule has 2 aromatic heterocycles. The summed E-state index contributed by atoms with van der Waals surface area (Å²) in [6.07, 6.45) is 2.32. The Bertz CT molecular complexity index is 729. The van der Waals surface area contributed by atoms with E-state index in [9.17, 15) is 9.18 Å². The lowest BCUT2D eigenvalue weighted by atomic mass is 10.3. The zero-order chi connectivity index (χ0) is 16.1. The number of anilines is 1. The lowest BCUT2D eigenvalue weighted by Gasteiger charge is -2.08. The number of amides is 1. The maximum Gasteiger partial charge on any atom is 0.239 e. The molecule has 0 bridgehead atoms. The summed E-state index contributed by atoms with van der Waals surface area (Å²) in [5.41, 5.74) is -0.0227. The largest absolute Gasteiger partial charge is 0.436 e. The van der Waals surface area contributed by atoms with Crippen molar-refractivity contribution in [2.24, 2.45) is 0 Å². The first-order valence-electron chi connectivity index (χ1n) is 6.14. The van der Waals surface area contributed by atoms with E-state index in [0.717, 1.165) is 12.3 Å². The van der Waals surface area contributed by atoms with Crippen LogP contribution < -0.4 is 10.1 Å². The summed E-state index contributed by atoms with van der Waals surface area (Å²) < 4.78 is 18.4. The third-order valence-corrected chi connectivity index (χ3v) is 2.92. The van der Waals surface area contributed by atoms with Gasteiger partial charge in [0.2, 0.25) is 11.8 Å². The Morgan fingerprint density at radius 2 is 2.23 bits per heavy atom. The van der Waals surface area contributed by atoms with Gasteiger partial charge in [-0.25, -0.2) is 14.4 Å². The van der Waals surface area contributed by atoms with Crippen molar-refractivity contribution in [3.63, 3.8) is 0 Å². The van der Waals surface area contributed by atoms with Gasteiger partial charge in [-0.05, 0) is 25.1 Å². The van der Waals surface area contributed by atoms with Crippen molar-refractivity contribution < 1.29 is 13.9 Å². The highest BCUT2D eigenvalue weighted by Gasteiger charge is 2.11. The summed E-state index contributed by atoms with van der Waals surface area (Å²) in [4.78, 5) is 18.9. The quantitative estimate of drug-likeness (QED) is 0.842. The number of pyridine rings is 2. The third-order valence-electron chi connectivity index (χ3n) is 2.50. The van der Waals surface area contributed by atoms with Crippen molar-refractivity contribution in [3.8, 4) is 17.7 Å². The van der Waals surface area contributed by atoms with Gasteiger partial charge in [0.15, 0.2) is 0 Å². The number of carbonyl (C=O) groups excluding carboxylic acids is 1. The molecule has 0 radical (unpaired) electrons. The smallest absolute Gasteiger partial charge is 0.239 e.